The molecule has 0 saturated carbocycles. The molecular weight excluding hydrogens is 352 g/mol. The Morgan fingerprint density at radius 3 is 2.50 bits per heavy atom. The minimum absolute atomic E-state index is 0.0404. The van der Waals surface area contributed by atoms with Crippen LogP contribution in [0, 0.1) is 0 Å². The molecule has 26 heavy (non-hydrogen) atoms. The van der Waals surface area contributed by atoms with Crippen molar-refractivity contribution in [2.45, 2.75) is 57.1 Å². The van der Waals surface area contributed by atoms with Crippen molar-refractivity contribution in [1.82, 2.24) is 30.4 Å². The van der Waals surface area contributed by atoms with Crippen LogP contribution in [0.15, 0.2) is 29.7 Å². The highest BCUT2D eigenvalue weighted by Gasteiger charge is 2.22. The van der Waals surface area contributed by atoms with Crippen LogP contribution in [0.1, 0.15) is 34.1 Å². The van der Waals surface area contributed by atoms with E-state index in [-0.39, 0.29) is 11.9 Å². The van der Waals surface area contributed by atoms with Crippen molar-refractivity contribution in [2.24, 2.45) is 0 Å². The molecule has 0 unspecified atom stereocenters. The first-order valence-corrected chi connectivity index (χ1v) is 9.42. The van der Waals surface area contributed by atoms with Gasteiger partial charge in [-0.1, -0.05) is 18.7 Å². The average molecular weight is 376 g/mol. The molecule has 9 heteroatoms. The molecule has 0 spiro atoms. The van der Waals surface area contributed by atoms with Crippen LogP contribution >= 0.6 is 11.8 Å². The predicted octanol–water partition coefficient (Wildman–Crippen LogP) is 2.46. The molecule has 0 fully saturated rings. The van der Waals surface area contributed by atoms with Gasteiger partial charge in [-0.15, -0.1) is 10.2 Å². The van der Waals surface area contributed by atoms with Gasteiger partial charge in [0.1, 0.15) is 0 Å². The van der Waals surface area contributed by atoms with E-state index >= 15 is 0 Å². The Balaban J connectivity index is 2.12. The molecule has 0 aromatic carbocycles. The standard InChI is InChI=1S/C17H24N6O2S/c1-5-10-23-14(13-6-8-18-9-7-13)21-22-17(23)26-12(4)15(24)20-16(25)19-11(2)3/h6-9,11-12H,5,10H2,1-4H3,(H2,19,20,24,25)/t12-/m0/s1. The van der Waals surface area contributed by atoms with E-state index in [0.717, 1.165) is 24.4 Å². The number of imide groups is 1. The zero-order valence-electron chi connectivity index (χ0n) is 15.4. The van der Waals surface area contributed by atoms with Gasteiger partial charge in [0.05, 0.1) is 5.25 Å². The summed E-state index contributed by atoms with van der Waals surface area (Å²) in [5, 5.41) is 13.6. The summed E-state index contributed by atoms with van der Waals surface area (Å²) in [7, 11) is 0. The van der Waals surface area contributed by atoms with E-state index in [0.29, 0.717) is 5.16 Å². The number of carbonyl (C=O) groups is 2. The van der Waals surface area contributed by atoms with Gasteiger partial charge in [0.25, 0.3) is 0 Å². The molecule has 140 valence electrons. The molecule has 8 nitrogen and oxygen atoms in total. The fourth-order valence-corrected chi connectivity index (χ4v) is 3.11. The molecule has 0 radical (unpaired) electrons. The minimum Gasteiger partial charge on any atom is -0.336 e. The number of rotatable bonds is 7. The molecule has 2 aromatic heterocycles. The van der Waals surface area contributed by atoms with E-state index < -0.39 is 11.3 Å². The molecule has 0 aliphatic carbocycles. The monoisotopic (exact) mass is 376 g/mol. The highest BCUT2D eigenvalue weighted by atomic mass is 32.2. The van der Waals surface area contributed by atoms with Crippen LogP contribution in [-0.2, 0) is 11.3 Å². The van der Waals surface area contributed by atoms with Crippen molar-refractivity contribution in [3.63, 3.8) is 0 Å². The lowest BCUT2D eigenvalue weighted by molar-refractivity contribution is -0.119. The van der Waals surface area contributed by atoms with Gasteiger partial charge in [-0.05, 0) is 39.3 Å². The SMILES string of the molecule is CCCn1c(S[C@@H](C)C(=O)NC(=O)NC(C)C)nnc1-c1ccncc1. The number of pyridine rings is 1. The number of urea groups is 1. The number of nitrogens with zero attached hydrogens (tertiary/aromatic N) is 4. The first-order chi connectivity index (χ1) is 12.4. The van der Waals surface area contributed by atoms with Gasteiger partial charge in [-0.2, -0.15) is 0 Å². The Labute approximate surface area is 157 Å². The van der Waals surface area contributed by atoms with Gasteiger partial charge in [0, 0.05) is 30.5 Å². The van der Waals surface area contributed by atoms with E-state index in [2.05, 4.69) is 32.7 Å². The zero-order chi connectivity index (χ0) is 19.1. The van der Waals surface area contributed by atoms with Crippen molar-refractivity contribution in [1.29, 1.82) is 0 Å². The molecule has 2 N–H and O–H groups in total. The maximum Gasteiger partial charge on any atom is 0.321 e. The Kier molecular flexibility index (Phi) is 7.14. The Bertz CT molecular complexity index is 747. The molecule has 2 heterocycles. The number of carbonyl (C=O) groups excluding carboxylic acids is 2. The van der Waals surface area contributed by atoms with Gasteiger partial charge < -0.3 is 9.88 Å². The Hall–Kier alpha value is -2.42. The quantitative estimate of drug-likeness (QED) is 0.720. The van der Waals surface area contributed by atoms with Crippen molar-refractivity contribution in [3.8, 4) is 11.4 Å². The van der Waals surface area contributed by atoms with Crippen LogP contribution in [-0.4, -0.2) is 43.0 Å². The van der Waals surface area contributed by atoms with E-state index in [1.165, 1.54) is 11.8 Å². The largest absolute Gasteiger partial charge is 0.336 e. The normalized spacial score (nSPS) is 12.0. The number of hydrogen-bond donors (Lipinski definition) is 2. The Morgan fingerprint density at radius 2 is 1.88 bits per heavy atom. The second kappa shape index (κ2) is 9.33. The van der Waals surface area contributed by atoms with Crippen molar-refractivity contribution < 1.29 is 9.59 Å². The Morgan fingerprint density at radius 1 is 1.19 bits per heavy atom. The average Bonchev–Trinajstić information content (AvgIpc) is 2.97. The molecule has 2 rings (SSSR count). The van der Waals surface area contributed by atoms with Gasteiger partial charge in [-0.3, -0.25) is 15.1 Å². The molecule has 0 aliphatic rings. The summed E-state index contributed by atoms with van der Waals surface area (Å²) in [6, 6.07) is 3.21. The summed E-state index contributed by atoms with van der Waals surface area (Å²) in [6.07, 6.45) is 4.31. The molecule has 0 saturated heterocycles. The summed E-state index contributed by atoms with van der Waals surface area (Å²) < 4.78 is 1.98. The summed E-state index contributed by atoms with van der Waals surface area (Å²) >= 11 is 1.28. The first kappa shape index (κ1) is 19.9. The van der Waals surface area contributed by atoms with Crippen LogP contribution in [0.2, 0.25) is 0 Å². The van der Waals surface area contributed by atoms with Crippen LogP contribution < -0.4 is 10.6 Å². The fourth-order valence-electron chi connectivity index (χ4n) is 2.24. The maximum atomic E-state index is 12.2. The van der Waals surface area contributed by atoms with Crippen molar-refractivity contribution in [3.05, 3.63) is 24.5 Å². The summed E-state index contributed by atoms with van der Waals surface area (Å²) in [5.41, 5.74) is 0.918. The maximum absolute atomic E-state index is 12.2. The lowest BCUT2D eigenvalue weighted by Gasteiger charge is -2.14. The van der Waals surface area contributed by atoms with Gasteiger partial charge in [0.15, 0.2) is 11.0 Å². The summed E-state index contributed by atoms with van der Waals surface area (Å²) in [6.45, 7) is 8.19. The van der Waals surface area contributed by atoms with Gasteiger partial charge >= 0.3 is 6.03 Å². The minimum atomic E-state index is -0.495. The molecule has 0 bridgehead atoms. The van der Waals surface area contributed by atoms with Crippen LogP contribution in [0.25, 0.3) is 11.4 Å². The second-order valence-corrected chi connectivity index (χ2v) is 7.38. The van der Waals surface area contributed by atoms with E-state index in [1.54, 1.807) is 19.3 Å². The molecule has 1 atom stereocenters. The third-order valence-electron chi connectivity index (χ3n) is 3.41. The van der Waals surface area contributed by atoms with Crippen molar-refractivity contribution >= 4 is 23.7 Å². The molecule has 2 aromatic rings. The van der Waals surface area contributed by atoms with E-state index in [4.69, 9.17) is 0 Å². The molecule has 3 amide bonds. The highest BCUT2D eigenvalue weighted by Crippen LogP contribution is 2.26. The van der Waals surface area contributed by atoms with Crippen LogP contribution in [0.4, 0.5) is 4.79 Å². The first-order valence-electron chi connectivity index (χ1n) is 8.54. The molecule has 0 aliphatic heterocycles. The number of aromatic nitrogens is 4. The smallest absolute Gasteiger partial charge is 0.321 e. The van der Waals surface area contributed by atoms with Gasteiger partial charge in [-0.25, -0.2) is 4.79 Å². The third-order valence-corrected chi connectivity index (χ3v) is 4.49. The number of hydrogen-bond acceptors (Lipinski definition) is 6. The lowest BCUT2D eigenvalue weighted by Crippen LogP contribution is -2.45. The van der Waals surface area contributed by atoms with Crippen LogP contribution in [0.3, 0.4) is 0 Å². The fraction of sp³-hybridized carbons (Fsp3) is 0.471. The predicted molar refractivity (Wildman–Crippen MR) is 101 cm³/mol. The van der Waals surface area contributed by atoms with E-state index in [1.807, 2.05) is 30.5 Å². The second-order valence-electron chi connectivity index (χ2n) is 6.07. The summed E-state index contributed by atoms with van der Waals surface area (Å²) in [4.78, 5) is 27.9. The van der Waals surface area contributed by atoms with Crippen LogP contribution in [0.5, 0.6) is 0 Å². The zero-order valence-corrected chi connectivity index (χ0v) is 16.2. The topological polar surface area (TPSA) is 102 Å². The highest BCUT2D eigenvalue weighted by molar-refractivity contribution is 8.00. The number of amides is 3. The van der Waals surface area contributed by atoms with Crippen molar-refractivity contribution in [2.75, 3.05) is 0 Å². The third kappa shape index (κ3) is 5.29. The van der Waals surface area contributed by atoms with E-state index in [9.17, 15) is 9.59 Å². The van der Waals surface area contributed by atoms with Gasteiger partial charge in [0.2, 0.25) is 5.91 Å². The number of thioether (sulfide) groups is 1. The molecular formula is C17H24N6O2S. The number of nitrogens with one attached hydrogen (secondary N) is 2. The lowest BCUT2D eigenvalue weighted by atomic mass is 10.2. The summed E-state index contributed by atoms with van der Waals surface area (Å²) in [5.74, 6) is 0.367.